The van der Waals surface area contributed by atoms with Gasteiger partial charge < -0.3 is 9.52 Å². The van der Waals surface area contributed by atoms with E-state index < -0.39 is 0 Å². The number of halogens is 1. The van der Waals surface area contributed by atoms with Crippen LogP contribution in [0.5, 0.6) is 0 Å². The summed E-state index contributed by atoms with van der Waals surface area (Å²) in [5.41, 5.74) is 1.12. The maximum Gasteiger partial charge on any atom is 0.123 e. The van der Waals surface area contributed by atoms with Crippen molar-refractivity contribution < 1.29 is 9.52 Å². The average molecular weight is 266 g/mol. The van der Waals surface area contributed by atoms with E-state index in [1.54, 1.807) is 6.26 Å². The molecule has 2 atom stereocenters. The van der Waals surface area contributed by atoms with Gasteiger partial charge in [0.1, 0.15) is 5.76 Å². The summed E-state index contributed by atoms with van der Waals surface area (Å²) in [4.78, 5) is 0. The van der Waals surface area contributed by atoms with Crippen molar-refractivity contribution in [2.45, 2.75) is 19.0 Å². The Labute approximate surface area is 111 Å². The van der Waals surface area contributed by atoms with Crippen molar-refractivity contribution in [1.29, 1.82) is 0 Å². The molecule has 2 N–H and O–H groups in total. The molecular formula is C14H16ClNO2. The van der Waals surface area contributed by atoms with Crippen molar-refractivity contribution in [1.82, 2.24) is 5.32 Å². The Kier molecular flexibility index (Phi) is 4.42. The molecule has 18 heavy (non-hydrogen) atoms. The first-order chi connectivity index (χ1) is 8.70. The summed E-state index contributed by atoms with van der Waals surface area (Å²) in [5, 5.41) is 13.4. The van der Waals surface area contributed by atoms with Gasteiger partial charge in [0, 0.05) is 11.1 Å². The lowest BCUT2D eigenvalue weighted by Gasteiger charge is -2.20. The topological polar surface area (TPSA) is 45.4 Å². The van der Waals surface area contributed by atoms with Crippen LogP contribution in [0.3, 0.4) is 0 Å². The summed E-state index contributed by atoms with van der Waals surface area (Å²) < 4.78 is 5.30. The van der Waals surface area contributed by atoms with Crippen LogP contribution in [0, 0.1) is 0 Å². The Bertz CT molecular complexity index is 467. The van der Waals surface area contributed by atoms with Gasteiger partial charge >= 0.3 is 0 Å². The molecule has 0 fully saturated rings. The zero-order valence-corrected chi connectivity index (χ0v) is 10.9. The minimum atomic E-state index is -0.203. The highest BCUT2D eigenvalue weighted by Crippen LogP contribution is 2.21. The second-order valence-electron chi connectivity index (χ2n) is 4.19. The Morgan fingerprint density at radius 3 is 2.56 bits per heavy atom. The summed E-state index contributed by atoms with van der Waals surface area (Å²) in [6.07, 6.45) is 1.60. The van der Waals surface area contributed by atoms with Crippen LogP contribution in [0.25, 0.3) is 0 Å². The van der Waals surface area contributed by atoms with Gasteiger partial charge in [-0.1, -0.05) is 23.7 Å². The van der Waals surface area contributed by atoms with Crippen molar-refractivity contribution in [3.8, 4) is 0 Å². The number of hydrogen-bond donors (Lipinski definition) is 2. The predicted molar refractivity (Wildman–Crippen MR) is 71.5 cm³/mol. The number of rotatable bonds is 5. The molecule has 0 saturated carbocycles. The zero-order chi connectivity index (χ0) is 13.0. The van der Waals surface area contributed by atoms with Gasteiger partial charge in [-0.2, -0.15) is 0 Å². The minimum Gasteiger partial charge on any atom is -0.468 e. The fourth-order valence-electron chi connectivity index (χ4n) is 1.86. The molecule has 1 heterocycles. The van der Waals surface area contributed by atoms with Crippen LogP contribution >= 0.6 is 11.6 Å². The molecule has 4 heteroatoms. The normalized spacial score (nSPS) is 14.4. The van der Waals surface area contributed by atoms with Gasteiger partial charge in [-0.15, -0.1) is 0 Å². The third kappa shape index (κ3) is 3.13. The van der Waals surface area contributed by atoms with Crippen molar-refractivity contribution in [3.05, 3.63) is 59.0 Å². The molecule has 3 nitrogen and oxygen atoms in total. The minimum absolute atomic E-state index is 0.00849. The Balaban J connectivity index is 2.05. The Morgan fingerprint density at radius 2 is 2.00 bits per heavy atom. The van der Waals surface area contributed by atoms with Crippen molar-refractivity contribution in [2.24, 2.45) is 0 Å². The van der Waals surface area contributed by atoms with Gasteiger partial charge in [0.05, 0.1) is 18.9 Å². The van der Waals surface area contributed by atoms with Gasteiger partial charge in [-0.05, 0) is 36.8 Å². The summed E-state index contributed by atoms with van der Waals surface area (Å²) >= 11 is 5.86. The van der Waals surface area contributed by atoms with Crippen LogP contribution in [0.2, 0.25) is 5.02 Å². The molecule has 0 amide bonds. The standard InChI is InChI=1S/C14H16ClNO2/c1-10(11-4-6-12(15)7-5-11)16-13(9-17)14-3-2-8-18-14/h2-8,10,13,16-17H,9H2,1H3. The first-order valence-electron chi connectivity index (χ1n) is 5.86. The Hall–Kier alpha value is -1.29. The van der Waals surface area contributed by atoms with E-state index in [1.165, 1.54) is 0 Å². The third-order valence-electron chi connectivity index (χ3n) is 2.89. The number of benzene rings is 1. The molecule has 2 rings (SSSR count). The lowest BCUT2D eigenvalue weighted by molar-refractivity contribution is 0.217. The molecule has 0 aliphatic rings. The fourth-order valence-corrected chi connectivity index (χ4v) is 1.99. The van der Waals surface area contributed by atoms with Crippen LogP contribution in [0.4, 0.5) is 0 Å². The molecule has 0 aliphatic heterocycles. The maximum absolute atomic E-state index is 9.39. The molecule has 0 radical (unpaired) electrons. The smallest absolute Gasteiger partial charge is 0.123 e. The second kappa shape index (κ2) is 6.05. The molecule has 1 aromatic heterocycles. The van der Waals surface area contributed by atoms with E-state index in [0.717, 1.165) is 16.3 Å². The van der Waals surface area contributed by atoms with Crippen LogP contribution in [0.1, 0.15) is 30.3 Å². The average Bonchev–Trinajstić information content (AvgIpc) is 2.90. The van der Waals surface area contributed by atoms with E-state index in [2.05, 4.69) is 5.32 Å². The highest BCUT2D eigenvalue weighted by Gasteiger charge is 2.16. The van der Waals surface area contributed by atoms with Gasteiger partial charge in [0.25, 0.3) is 0 Å². The first kappa shape index (κ1) is 13.1. The summed E-state index contributed by atoms with van der Waals surface area (Å²) in [7, 11) is 0. The summed E-state index contributed by atoms with van der Waals surface area (Å²) in [6, 6.07) is 11.2. The van der Waals surface area contributed by atoms with E-state index in [4.69, 9.17) is 16.0 Å². The molecule has 0 aliphatic carbocycles. The Morgan fingerprint density at radius 1 is 1.28 bits per heavy atom. The number of aliphatic hydroxyl groups excluding tert-OH is 1. The molecular weight excluding hydrogens is 250 g/mol. The highest BCUT2D eigenvalue weighted by molar-refractivity contribution is 6.30. The van der Waals surface area contributed by atoms with Crippen molar-refractivity contribution >= 4 is 11.6 Å². The maximum atomic E-state index is 9.39. The van der Waals surface area contributed by atoms with E-state index in [1.807, 2.05) is 43.3 Å². The molecule has 0 bridgehead atoms. The SMILES string of the molecule is CC(NC(CO)c1ccco1)c1ccc(Cl)cc1. The molecule has 96 valence electrons. The lowest BCUT2D eigenvalue weighted by Crippen LogP contribution is -2.26. The quantitative estimate of drug-likeness (QED) is 0.872. The fraction of sp³-hybridized carbons (Fsp3) is 0.286. The van der Waals surface area contributed by atoms with E-state index in [9.17, 15) is 5.11 Å². The largest absolute Gasteiger partial charge is 0.468 e. The highest BCUT2D eigenvalue weighted by atomic mass is 35.5. The van der Waals surface area contributed by atoms with Crippen LogP contribution in [-0.4, -0.2) is 11.7 Å². The van der Waals surface area contributed by atoms with Gasteiger partial charge in [0.15, 0.2) is 0 Å². The third-order valence-corrected chi connectivity index (χ3v) is 3.14. The van der Waals surface area contributed by atoms with Crippen LogP contribution in [0.15, 0.2) is 47.1 Å². The van der Waals surface area contributed by atoms with E-state index in [-0.39, 0.29) is 18.7 Å². The molecule has 2 aromatic rings. The molecule has 0 spiro atoms. The van der Waals surface area contributed by atoms with E-state index >= 15 is 0 Å². The van der Waals surface area contributed by atoms with Crippen LogP contribution < -0.4 is 5.32 Å². The lowest BCUT2D eigenvalue weighted by atomic mass is 10.1. The number of hydrogen-bond acceptors (Lipinski definition) is 3. The predicted octanol–water partition coefficient (Wildman–Crippen LogP) is 3.32. The number of aliphatic hydroxyl groups is 1. The second-order valence-corrected chi connectivity index (χ2v) is 4.63. The van der Waals surface area contributed by atoms with Gasteiger partial charge in [-0.3, -0.25) is 5.32 Å². The first-order valence-corrected chi connectivity index (χ1v) is 6.24. The van der Waals surface area contributed by atoms with Crippen LogP contribution in [-0.2, 0) is 0 Å². The van der Waals surface area contributed by atoms with Gasteiger partial charge in [-0.25, -0.2) is 0 Å². The number of furan rings is 1. The molecule has 2 unspecified atom stereocenters. The van der Waals surface area contributed by atoms with Crippen molar-refractivity contribution in [2.75, 3.05) is 6.61 Å². The van der Waals surface area contributed by atoms with Gasteiger partial charge in [0.2, 0.25) is 0 Å². The van der Waals surface area contributed by atoms with Crippen molar-refractivity contribution in [3.63, 3.8) is 0 Å². The monoisotopic (exact) mass is 265 g/mol. The summed E-state index contributed by atoms with van der Waals surface area (Å²) in [5.74, 6) is 0.735. The molecule has 0 saturated heterocycles. The zero-order valence-electron chi connectivity index (χ0n) is 10.1. The number of nitrogens with one attached hydrogen (secondary N) is 1. The van der Waals surface area contributed by atoms with E-state index in [0.29, 0.717) is 0 Å². The molecule has 1 aromatic carbocycles. The summed E-state index contributed by atoms with van der Waals surface area (Å²) in [6.45, 7) is 2.03.